The van der Waals surface area contributed by atoms with Crippen LogP contribution in [0.15, 0.2) is 247 Å². The molecule has 1 aromatic heterocycles. The first-order valence-electron chi connectivity index (χ1n) is 22.6. The van der Waals surface area contributed by atoms with Crippen LogP contribution in [-0.2, 0) is 0 Å². The molecule has 0 radical (unpaired) electrons. The Bertz CT molecular complexity index is 3460. The average Bonchev–Trinajstić information content (AvgIpc) is 3.77. The lowest BCUT2D eigenvalue weighted by atomic mass is 9.69. The van der Waals surface area contributed by atoms with Crippen LogP contribution in [0.1, 0.15) is 35.4 Å². The van der Waals surface area contributed by atoms with E-state index in [0.29, 0.717) is 11.8 Å². The highest BCUT2D eigenvalue weighted by Crippen LogP contribution is 2.50. The molecule has 65 heavy (non-hydrogen) atoms. The second-order valence-corrected chi connectivity index (χ2v) is 17.3. The Labute approximate surface area is 380 Å². The van der Waals surface area contributed by atoms with Crippen molar-refractivity contribution in [3.8, 4) is 55.6 Å². The van der Waals surface area contributed by atoms with Crippen molar-refractivity contribution in [2.24, 2.45) is 0 Å². The first-order valence-corrected chi connectivity index (χ1v) is 22.6. The first-order chi connectivity index (χ1) is 32.1. The van der Waals surface area contributed by atoms with Crippen LogP contribution >= 0.6 is 0 Å². The highest BCUT2D eigenvalue weighted by Gasteiger charge is 2.32. The van der Waals surface area contributed by atoms with Gasteiger partial charge in [-0.25, -0.2) is 0 Å². The van der Waals surface area contributed by atoms with Crippen molar-refractivity contribution in [1.29, 1.82) is 0 Å². The minimum atomic E-state index is 0.318. The molecule has 0 amide bonds. The van der Waals surface area contributed by atoms with E-state index in [1.807, 2.05) is 12.1 Å². The third-order valence-corrected chi connectivity index (χ3v) is 13.5. The van der Waals surface area contributed by atoms with Crippen LogP contribution in [0, 0.1) is 0 Å². The molecule has 1 heterocycles. The van der Waals surface area contributed by atoms with Crippen molar-refractivity contribution in [3.05, 3.63) is 259 Å². The molecule has 2 unspecified atom stereocenters. The zero-order chi connectivity index (χ0) is 43.3. The summed E-state index contributed by atoms with van der Waals surface area (Å²) in [6, 6.07) is 88.1. The Morgan fingerprint density at radius 1 is 0.338 bits per heavy atom. The molecule has 0 saturated heterocycles. The van der Waals surface area contributed by atoms with Gasteiger partial charge in [0.15, 0.2) is 0 Å². The van der Waals surface area contributed by atoms with Crippen molar-refractivity contribution < 1.29 is 4.42 Å². The number of furan rings is 1. The van der Waals surface area contributed by atoms with Crippen LogP contribution in [0.4, 0.5) is 17.1 Å². The highest BCUT2D eigenvalue weighted by atomic mass is 16.3. The van der Waals surface area contributed by atoms with Gasteiger partial charge in [0.1, 0.15) is 11.2 Å². The largest absolute Gasteiger partial charge is 0.455 e. The fraction of sp³-hybridized carbons (Fsp3) is 0.0476. The van der Waals surface area contributed by atoms with Crippen molar-refractivity contribution in [1.82, 2.24) is 0 Å². The first kappa shape index (κ1) is 38.5. The minimum absolute atomic E-state index is 0.318. The van der Waals surface area contributed by atoms with Crippen molar-refractivity contribution in [3.63, 3.8) is 0 Å². The zero-order valence-corrected chi connectivity index (χ0v) is 36.1. The van der Waals surface area contributed by atoms with Crippen LogP contribution in [-0.4, -0.2) is 0 Å². The van der Waals surface area contributed by atoms with E-state index in [1.165, 1.54) is 61.2 Å². The summed E-state index contributed by atoms with van der Waals surface area (Å²) in [5, 5.41) is 2.27. The minimum Gasteiger partial charge on any atom is -0.455 e. The molecule has 2 heteroatoms. The number of anilines is 3. The third-order valence-electron chi connectivity index (χ3n) is 13.5. The average molecular weight is 832 g/mol. The van der Waals surface area contributed by atoms with E-state index in [9.17, 15) is 0 Å². The molecule has 11 aromatic rings. The molecule has 10 aromatic carbocycles. The number of benzene rings is 10. The summed E-state index contributed by atoms with van der Waals surface area (Å²) in [5.74, 6) is 0.670. The van der Waals surface area contributed by atoms with E-state index in [2.05, 4.69) is 242 Å². The van der Waals surface area contributed by atoms with Crippen LogP contribution in [0.5, 0.6) is 0 Å². The van der Waals surface area contributed by atoms with Gasteiger partial charge in [-0.15, -0.1) is 0 Å². The van der Waals surface area contributed by atoms with Gasteiger partial charge in [0.25, 0.3) is 0 Å². The second-order valence-electron chi connectivity index (χ2n) is 17.3. The molecule has 0 bridgehead atoms. The maximum atomic E-state index is 6.44. The summed E-state index contributed by atoms with van der Waals surface area (Å²) in [5.41, 5.74) is 21.3. The molecular weight excluding hydrogens is 787 g/mol. The Balaban J connectivity index is 0.898. The third kappa shape index (κ3) is 6.92. The van der Waals surface area contributed by atoms with Gasteiger partial charge in [-0.05, 0) is 121 Å². The van der Waals surface area contributed by atoms with Crippen molar-refractivity contribution >= 4 is 39.0 Å². The predicted molar refractivity (Wildman–Crippen MR) is 272 cm³/mol. The lowest BCUT2D eigenvalue weighted by Crippen LogP contribution is -2.17. The summed E-state index contributed by atoms with van der Waals surface area (Å²) in [6.07, 6.45) is 0. The van der Waals surface area contributed by atoms with Gasteiger partial charge in [0.05, 0.1) is 0 Å². The number of fused-ring (bicyclic) bond motifs is 6. The van der Waals surface area contributed by atoms with E-state index in [-0.39, 0.29) is 0 Å². The zero-order valence-electron chi connectivity index (χ0n) is 36.1. The maximum absolute atomic E-state index is 6.44. The number of para-hydroxylation sites is 2. The lowest BCUT2D eigenvalue weighted by Gasteiger charge is -2.34. The molecule has 0 saturated carbocycles. The van der Waals surface area contributed by atoms with Gasteiger partial charge in [0.2, 0.25) is 0 Å². The quantitative estimate of drug-likeness (QED) is 0.152. The van der Waals surface area contributed by atoms with Gasteiger partial charge in [-0.3, -0.25) is 0 Å². The molecule has 2 nitrogen and oxygen atoms in total. The van der Waals surface area contributed by atoms with Gasteiger partial charge < -0.3 is 9.32 Å². The number of hydrogen-bond acceptors (Lipinski definition) is 2. The number of hydrogen-bond donors (Lipinski definition) is 0. The predicted octanol–water partition coefficient (Wildman–Crippen LogP) is 17.6. The SMILES string of the molecule is CC1c2ccc(-c3ccc(N(c4ccc(-c5ccc(-c6ccccc6)cc5)cc4)c4ccc(-c5cccc6c5oc5ccccc56)cc4)cc3)cc2-c2ccccc2C1c1ccccc1. The summed E-state index contributed by atoms with van der Waals surface area (Å²) in [6.45, 7) is 2.38. The van der Waals surface area contributed by atoms with Crippen LogP contribution < -0.4 is 4.90 Å². The maximum Gasteiger partial charge on any atom is 0.143 e. The molecular formula is C63H45NO. The second kappa shape index (κ2) is 16.2. The lowest BCUT2D eigenvalue weighted by molar-refractivity contribution is 0.649. The van der Waals surface area contributed by atoms with Gasteiger partial charge in [0, 0.05) is 39.3 Å². The van der Waals surface area contributed by atoms with Crippen molar-refractivity contribution in [2.75, 3.05) is 4.90 Å². The smallest absolute Gasteiger partial charge is 0.143 e. The molecule has 12 rings (SSSR count). The summed E-state index contributed by atoms with van der Waals surface area (Å²) in [4.78, 5) is 2.35. The van der Waals surface area contributed by atoms with Gasteiger partial charge >= 0.3 is 0 Å². The molecule has 1 aliphatic rings. The van der Waals surface area contributed by atoms with E-state index in [1.54, 1.807) is 0 Å². The van der Waals surface area contributed by atoms with Gasteiger partial charge in [-0.2, -0.15) is 0 Å². The molecule has 0 fully saturated rings. The molecule has 308 valence electrons. The molecule has 1 aliphatic carbocycles. The van der Waals surface area contributed by atoms with E-state index in [0.717, 1.165) is 50.1 Å². The normalized spacial score (nSPS) is 14.2. The highest BCUT2D eigenvalue weighted by molar-refractivity contribution is 6.09. The number of rotatable bonds is 8. The van der Waals surface area contributed by atoms with E-state index >= 15 is 0 Å². The molecule has 0 aliphatic heterocycles. The Hall–Kier alpha value is -8.20. The van der Waals surface area contributed by atoms with Crippen LogP contribution in [0.2, 0.25) is 0 Å². The Kier molecular flexibility index (Phi) is 9.57. The molecule has 2 atom stereocenters. The van der Waals surface area contributed by atoms with E-state index < -0.39 is 0 Å². The monoisotopic (exact) mass is 831 g/mol. The molecule has 0 spiro atoms. The van der Waals surface area contributed by atoms with E-state index in [4.69, 9.17) is 4.42 Å². The number of nitrogens with zero attached hydrogens (tertiary/aromatic N) is 1. The fourth-order valence-corrected chi connectivity index (χ4v) is 10.3. The Morgan fingerprint density at radius 2 is 0.815 bits per heavy atom. The summed E-state index contributed by atoms with van der Waals surface area (Å²) in [7, 11) is 0. The van der Waals surface area contributed by atoms with Crippen LogP contribution in [0.3, 0.4) is 0 Å². The fourth-order valence-electron chi connectivity index (χ4n) is 10.3. The summed E-state index contributed by atoms with van der Waals surface area (Å²) >= 11 is 0. The van der Waals surface area contributed by atoms with Crippen LogP contribution in [0.25, 0.3) is 77.6 Å². The summed E-state index contributed by atoms with van der Waals surface area (Å²) < 4.78 is 6.44. The van der Waals surface area contributed by atoms with Crippen molar-refractivity contribution in [2.45, 2.75) is 18.8 Å². The van der Waals surface area contributed by atoms with Gasteiger partial charge in [-0.1, -0.05) is 201 Å². The molecule has 0 N–H and O–H groups in total. The Morgan fingerprint density at radius 3 is 1.48 bits per heavy atom. The topological polar surface area (TPSA) is 16.4 Å². The standard InChI is InChI=1S/C63H45NO/c1-42-54-40-33-50(41-60(54)56-17-8-9-19-58(56)62(42)49-15-6-3-7-16-49)47-29-36-52(37-30-47)64(51-34-27-46(28-35-51)45-25-23-44(24-26-45)43-13-4-2-5-14-43)53-38-31-48(32-39-53)55-20-12-21-59-57-18-10-11-22-61(57)65-63(55)59/h2-42,62H,1H3.